The Morgan fingerprint density at radius 1 is 1.36 bits per heavy atom. The predicted molar refractivity (Wildman–Crippen MR) is 60.7 cm³/mol. The highest BCUT2D eigenvalue weighted by molar-refractivity contribution is 8.72. The summed E-state index contributed by atoms with van der Waals surface area (Å²) in [4.78, 5) is 0.276. The highest BCUT2D eigenvalue weighted by atomic mass is 33.1. The van der Waals surface area contributed by atoms with E-state index in [9.17, 15) is 8.42 Å². The molecule has 0 bridgehead atoms. The van der Waals surface area contributed by atoms with E-state index in [1.54, 1.807) is 18.2 Å². The molecule has 0 aliphatic carbocycles. The Balaban J connectivity index is 2.93. The molecule has 1 rings (SSSR count). The summed E-state index contributed by atoms with van der Waals surface area (Å²) in [5.41, 5.74) is 6.01. The van der Waals surface area contributed by atoms with Crippen molar-refractivity contribution in [1.82, 2.24) is 0 Å². The zero-order chi connectivity index (χ0) is 10.6. The Morgan fingerprint density at radius 2 is 1.93 bits per heavy atom. The summed E-state index contributed by atoms with van der Waals surface area (Å²) in [6.07, 6.45) is 1.56. The zero-order valence-electron chi connectivity index (χ0n) is 7.51. The molecule has 0 radical (unpaired) electrons. The summed E-state index contributed by atoms with van der Waals surface area (Å²) in [5.74, 6) is 0.382. The fraction of sp³-hybridized carbons (Fsp3) is 0.111. The smallest absolute Gasteiger partial charge is 0.230 e. The lowest BCUT2D eigenvalue weighted by Crippen LogP contribution is -1.96. The maximum atomic E-state index is 11.6. The number of rotatable bonds is 4. The summed E-state index contributed by atoms with van der Waals surface area (Å²) >= 11 is 0. The van der Waals surface area contributed by atoms with E-state index in [1.807, 2.05) is 0 Å². The van der Waals surface area contributed by atoms with Crippen molar-refractivity contribution in [3.05, 3.63) is 36.9 Å². The van der Waals surface area contributed by atoms with Crippen LogP contribution in [0.5, 0.6) is 0 Å². The van der Waals surface area contributed by atoms with Gasteiger partial charge in [-0.25, -0.2) is 8.42 Å². The van der Waals surface area contributed by atoms with Crippen molar-refractivity contribution < 1.29 is 8.42 Å². The van der Waals surface area contributed by atoms with Crippen LogP contribution in [-0.2, 0) is 8.87 Å². The molecule has 76 valence electrons. The van der Waals surface area contributed by atoms with Gasteiger partial charge in [0, 0.05) is 11.4 Å². The van der Waals surface area contributed by atoms with Crippen molar-refractivity contribution >= 4 is 25.4 Å². The van der Waals surface area contributed by atoms with Gasteiger partial charge in [-0.2, -0.15) is 0 Å². The quantitative estimate of drug-likeness (QED) is 0.486. The van der Waals surface area contributed by atoms with Gasteiger partial charge in [0.25, 0.3) is 0 Å². The lowest BCUT2D eigenvalue weighted by molar-refractivity contribution is 0.610. The minimum Gasteiger partial charge on any atom is -0.399 e. The first-order valence-electron chi connectivity index (χ1n) is 3.92. The first kappa shape index (κ1) is 11.1. The van der Waals surface area contributed by atoms with Crippen LogP contribution in [0.25, 0.3) is 0 Å². The largest absolute Gasteiger partial charge is 0.399 e. The van der Waals surface area contributed by atoms with E-state index in [0.717, 1.165) is 10.8 Å². The minimum absolute atomic E-state index is 0.276. The average molecular weight is 229 g/mol. The fourth-order valence-electron chi connectivity index (χ4n) is 0.840. The molecule has 0 atom stereocenters. The van der Waals surface area contributed by atoms with Crippen molar-refractivity contribution in [3.8, 4) is 0 Å². The zero-order valence-corrected chi connectivity index (χ0v) is 9.14. The van der Waals surface area contributed by atoms with E-state index in [0.29, 0.717) is 11.4 Å². The fourth-order valence-corrected chi connectivity index (χ4v) is 3.29. The van der Waals surface area contributed by atoms with Gasteiger partial charge in [-0.1, -0.05) is 6.08 Å². The molecule has 0 aromatic heterocycles. The van der Waals surface area contributed by atoms with Crippen molar-refractivity contribution in [2.45, 2.75) is 4.90 Å². The lowest BCUT2D eigenvalue weighted by atomic mass is 10.3. The summed E-state index contributed by atoms with van der Waals surface area (Å²) in [5, 5.41) is 0. The van der Waals surface area contributed by atoms with Gasteiger partial charge in [-0.05, 0) is 35.1 Å². The minimum atomic E-state index is -3.25. The third-order valence-electron chi connectivity index (χ3n) is 1.51. The molecule has 0 amide bonds. The highest BCUT2D eigenvalue weighted by Crippen LogP contribution is 2.23. The second-order valence-corrected chi connectivity index (χ2v) is 6.57. The number of nitrogen functional groups attached to an aromatic ring is 1. The lowest BCUT2D eigenvalue weighted by Gasteiger charge is -2.01. The summed E-state index contributed by atoms with van der Waals surface area (Å²) in [6.45, 7) is 3.47. The van der Waals surface area contributed by atoms with Crippen molar-refractivity contribution in [1.29, 1.82) is 0 Å². The van der Waals surface area contributed by atoms with Gasteiger partial charge in [-0.3, -0.25) is 0 Å². The molecule has 14 heavy (non-hydrogen) atoms. The van der Waals surface area contributed by atoms with Crippen molar-refractivity contribution in [2.24, 2.45) is 0 Å². The van der Waals surface area contributed by atoms with Gasteiger partial charge in [0.1, 0.15) is 0 Å². The van der Waals surface area contributed by atoms with Crippen LogP contribution >= 0.6 is 10.8 Å². The topological polar surface area (TPSA) is 60.2 Å². The molecule has 0 saturated carbocycles. The van der Waals surface area contributed by atoms with Gasteiger partial charge in [-0.15, -0.1) is 6.58 Å². The number of anilines is 1. The van der Waals surface area contributed by atoms with E-state index in [4.69, 9.17) is 5.73 Å². The third-order valence-corrected chi connectivity index (χ3v) is 4.96. The van der Waals surface area contributed by atoms with Crippen molar-refractivity contribution in [2.75, 3.05) is 11.5 Å². The molecular formula is C9H11NO2S2. The second kappa shape index (κ2) is 4.52. The molecule has 2 N–H and O–H groups in total. The van der Waals surface area contributed by atoms with Gasteiger partial charge in [0.05, 0.1) is 4.90 Å². The van der Waals surface area contributed by atoms with Gasteiger partial charge < -0.3 is 5.73 Å². The summed E-state index contributed by atoms with van der Waals surface area (Å²) in [6, 6.07) is 6.14. The summed E-state index contributed by atoms with van der Waals surface area (Å²) in [7, 11) is -2.40. The monoisotopic (exact) mass is 229 g/mol. The van der Waals surface area contributed by atoms with E-state index in [1.165, 1.54) is 12.1 Å². The van der Waals surface area contributed by atoms with Crippen LogP contribution in [0.15, 0.2) is 41.8 Å². The molecule has 1 aromatic carbocycles. The normalized spacial score (nSPS) is 11.1. The molecule has 3 nitrogen and oxygen atoms in total. The molecule has 5 heteroatoms. The van der Waals surface area contributed by atoms with Gasteiger partial charge in [0.15, 0.2) is 0 Å². The Bertz CT molecular complexity index is 409. The highest BCUT2D eigenvalue weighted by Gasteiger charge is 2.13. The SMILES string of the molecule is C=CCSS(=O)(=O)c1ccc(N)cc1. The molecule has 0 aliphatic heterocycles. The predicted octanol–water partition coefficient (Wildman–Crippen LogP) is 1.88. The van der Waals surface area contributed by atoms with Crippen LogP contribution < -0.4 is 5.73 Å². The van der Waals surface area contributed by atoms with E-state index >= 15 is 0 Å². The molecule has 0 spiro atoms. The maximum absolute atomic E-state index is 11.6. The first-order chi connectivity index (χ1) is 6.56. The average Bonchev–Trinajstić information content (AvgIpc) is 2.16. The Morgan fingerprint density at radius 3 is 2.43 bits per heavy atom. The van der Waals surface area contributed by atoms with E-state index in [-0.39, 0.29) is 4.90 Å². The molecule has 0 saturated heterocycles. The molecule has 0 aliphatic rings. The van der Waals surface area contributed by atoms with Crippen LogP contribution in [0.1, 0.15) is 0 Å². The second-order valence-electron chi connectivity index (χ2n) is 2.60. The van der Waals surface area contributed by atoms with Crippen LogP contribution in [0.2, 0.25) is 0 Å². The third kappa shape index (κ3) is 2.78. The van der Waals surface area contributed by atoms with E-state index < -0.39 is 8.87 Å². The molecular weight excluding hydrogens is 218 g/mol. The molecule has 1 aromatic rings. The Hall–Kier alpha value is -0.940. The number of benzene rings is 1. The molecule has 0 fully saturated rings. The number of hydrogen-bond acceptors (Lipinski definition) is 4. The number of nitrogens with two attached hydrogens (primary N) is 1. The first-order valence-corrected chi connectivity index (χ1v) is 6.90. The van der Waals surface area contributed by atoms with Crippen LogP contribution in [-0.4, -0.2) is 14.2 Å². The van der Waals surface area contributed by atoms with Crippen LogP contribution in [0.3, 0.4) is 0 Å². The summed E-state index contributed by atoms with van der Waals surface area (Å²) < 4.78 is 23.2. The Labute approximate surface area is 87.3 Å². The van der Waals surface area contributed by atoms with Gasteiger partial charge >= 0.3 is 0 Å². The van der Waals surface area contributed by atoms with Crippen LogP contribution in [0.4, 0.5) is 5.69 Å². The standard InChI is InChI=1S/C9H11NO2S2/c1-2-7-13-14(11,12)9-5-3-8(10)4-6-9/h2-6H,1,7,10H2. The van der Waals surface area contributed by atoms with Gasteiger partial charge in [0.2, 0.25) is 8.87 Å². The molecule has 0 unspecified atom stereocenters. The van der Waals surface area contributed by atoms with Crippen LogP contribution in [0, 0.1) is 0 Å². The Kier molecular flexibility index (Phi) is 3.60. The molecule has 0 heterocycles. The number of hydrogen-bond donors (Lipinski definition) is 1. The maximum Gasteiger partial charge on any atom is 0.230 e. The van der Waals surface area contributed by atoms with E-state index in [2.05, 4.69) is 6.58 Å². The van der Waals surface area contributed by atoms with Crippen molar-refractivity contribution in [3.63, 3.8) is 0 Å².